The van der Waals surface area contributed by atoms with Crippen molar-refractivity contribution in [2.24, 2.45) is 0 Å². The quantitative estimate of drug-likeness (QED) is 0.686. The van der Waals surface area contributed by atoms with Crippen LogP contribution >= 0.6 is 0 Å². The number of rotatable bonds is 1. The zero-order valence-electron chi connectivity index (χ0n) is 8.06. The first kappa shape index (κ1) is 9.27. The van der Waals surface area contributed by atoms with Gasteiger partial charge in [0.2, 0.25) is 0 Å². The Kier molecular flexibility index (Phi) is 2.54. The van der Waals surface area contributed by atoms with Crippen LogP contribution in [0.15, 0.2) is 18.3 Å². The van der Waals surface area contributed by atoms with E-state index in [4.69, 9.17) is 5.73 Å². The van der Waals surface area contributed by atoms with Gasteiger partial charge in [0.25, 0.3) is 0 Å². The van der Waals surface area contributed by atoms with Crippen molar-refractivity contribution in [2.45, 2.75) is 18.9 Å². The van der Waals surface area contributed by atoms with E-state index >= 15 is 0 Å². The third-order valence-corrected chi connectivity index (χ3v) is 2.53. The molecule has 1 saturated heterocycles. The minimum atomic E-state index is -0.207. The highest BCUT2D eigenvalue weighted by Gasteiger charge is 2.17. The lowest BCUT2D eigenvalue weighted by molar-refractivity contribution is 0.154. The molecule has 1 atom stereocenters. The van der Waals surface area contributed by atoms with Crippen LogP contribution in [0.25, 0.3) is 0 Å². The molecule has 76 valence electrons. The summed E-state index contributed by atoms with van der Waals surface area (Å²) in [4.78, 5) is 6.17. The van der Waals surface area contributed by atoms with Crippen LogP contribution < -0.4 is 10.6 Å². The first-order valence-corrected chi connectivity index (χ1v) is 4.90. The summed E-state index contributed by atoms with van der Waals surface area (Å²) in [5.41, 5.74) is 6.54. The van der Waals surface area contributed by atoms with Crippen molar-refractivity contribution in [2.75, 3.05) is 23.7 Å². The molecule has 2 heterocycles. The maximum absolute atomic E-state index is 9.51. The zero-order chi connectivity index (χ0) is 9.97. The lowest BCUT2D eigenvalue weighted by Crippen LogP contribution is -2.38. The van der Waals surface area contributed by atoms with Gasteiger partial charge in [-0.15, -0.1) is 0 Å². The number of nitrogen functional groups attached to an aromatic ring is 1. The van der Waals surface area contributed by atoms with E-state index in [1.807, 2.05) is 6.07 Å². The van der Waals surface area contributed by atoms with Crippen LogP contribution in [0.2, 0.25) is 0 Å². The molecule has 1 aromatic rings. The number of piperidine rings is 1. The molecule has 0 amide bonds. The first-order chi connectivity index (χ1) is 6.75. The van der Waals surface area contributed by atoms with Crippen molar-refractivity contribution in [3.63, 3.8) is 0 Å². The molecule has 0 unspecified atom stereocenters. The Hall–Kier alpha value is -1.29. The van der Waals surface area contributed by atoms with E-state index in [9.17, 15) is 5.11 Å². The highest BCUT2D eigenvalue weighted by atomic mass is 16.3. The maximum atomic E-state index is 9.51. The van der Waals surface area contributed by atoms with Gasteiger partial charge in [0.05, 0.1) is 18.0 Å². The van der Waals surface area contributed by atoms with Gasteiger partial charge in [0.1, 0.15) is 5.82 Å². The summed E-state index contributed by atoms with van der Waals surface area (Å²) >= 11 is 0. The molecule has 0 aromatic carbocycles. The number of aromatic nitrogens is 1. The maximum Gasteiger partial charge on any atom is 0.123 e. The third kappa shape index (κ3) is 1.96. The van der Waals surface area contributed by atoms with Gasteiger partial charge in [-0.1, -0.05) is 0 Å². The van der Waals surface area contributed by atoms with Crippen molar-refractivity contribution in [3.8, 4) is 0 Å². The summed E-state index contributed by atoms with van der Waals surface area (Å²) < 4.78 is 0. The van der Waals surface area contributed by atoms with Gasteiger partial charge in [0.15, 0.2) is 0 Å². The number of nitrogens with two attached hydrogens (primary N) is 1. The van der Waals surface area contributed by atoms with Crippen LogP contribution in [-0.4, -0.2) is 29.3 Å². The van der Waals surface area contributed by atoms with Crippen LogP contribution in [0.5, 0.6) is 0 Å². The number of anilines is 2. The molecule has 1 fully saturated rings. The molecular formula is C10H15N3O. The second kappa shape index (κ2) is 3.84. The van der Waals surface area contributed by atoms with Gasteiger partial charge in [0, 0.05) is 13.1 Å². The average Bonchev–Trinajstić information content (AvgIpc) is 2.19. The van der Waals surface area contributed by atoms with E-state index in [1.54, 1.807) is 12.3 Å². The summed E-state index contributed by atoms with van der Waals surface area (Å²) in [5, 5.41) is 9.51. The van der Waals surface area contributed by atoms with Crippen molar-refractivity contribution >= 4 is 11.5 Å². The lowest BCUT2D eigenvalue weighted by Gasteiger charge is -2.31. The number of pyridine rings is 1. The molecule has 4 nitrogen and oxygen atoms in total. The molecule has 1 aliphatic heterocycles. The molecule has 1 aromatic heterocycles. The van der Waals surface area contributed by atoms with Gasteiger partial charge in [-0.2, -0.15) is 0 Å². The third-order valence-electron chi connectivity index (χ3n) is 2.53. The molecule has 0 aliphatic carbocycles. The Bertz CT molecular complexity index is 299. The predicted octanol–water partition coefficient (Wildman–Crippen LogP) is 0.625. The van der Waals surface area contributed by atoms with E-state index in [0.29, 0.717) is 12.4 Å². The Morgan fingerprint density at radius 3 is 3.00 bits per heavy atom. The highest BCUT2D eigenvalue weighted by molar-refractivity contribution is 5.48. The van der Waals surface area contributed by atoms with Crippen LogP contribution in [0.3, 0.4) is 0 Å². The number of hydrogen-bond donors (Lipinski definition) is 2. The van der Waals surface area contributed by atoms with Crippen LogP contribution in [0.1, 0.15) is 12.8 Å². The van der Waals surface area contributed by atoms with Crippen molar-refractivity contribution in [1.82, 2.24) is 4.98 Å². The summed E-state index contributed by atoms with van der Waals surface area (Å²) in [6.07, 6.45) is 3.49. The van der Waals surface area contributed by atoms with Gasteiger partial charge in [-0.25, -0.2) is 4.98 Å². The smallest absolute Gasteiger partial charge is 0.123 e. The topological polar surface area (TPSA) is 62.4 Å². The minimum absolute atomic E-state index is 0.207. The zero-order valence-corrected chi connectivity index (χ0v) is 8.06. The fourth-order valence-corrected chi connectivity index (χ4v) is 1.77. The van der Waals surface area contributed by atoms with Crippen molar-refractivity contribution in [1.29, 1.82) is 0 Å². The summed E-state index contributed by atoms with van der Waals surface area (Å²) in [6.45, 7) is 1.69. The largest absolute Gasteiger partial charge is 0.391 e. The van der Waals surface area contributed by atoms with Gasteiger partial charge in [-0.05, 0) is 25.0 Å². The second-order valence-corrected chi connectivity index (χ2v) is 3.68. The van der Waals surface area contributed by atoms with Crippen molar-refractivity contribution < 1.29 is 5.11 Å². The number of hydrogen-bond acceptors (Lipinski definition) is 4. The molecule has 3 N–H and O–H groups in total. The van der Waals surface area contributed by atoms with E-state index in [2.05, 4.69) is 9.88 Å². The fraction of sp³-hybridized carbons (Fsp3) is 0.500. The van der Waals surface area contributed by atoms with E-state index in [0.717, 1.165) is 25.1 Å². The average molecular weight is 193 g/mol. The second-order valence-electron chi connectivity index (χ2n) is 3.68. The Morgan fingerprint density at radius 2 is 2.36 bits per heavy atom. The predicted molar refractivity (Wildman–Crippen MR) is 56.1 cm³/mol. The number of nitrogens with zero attached hydrogens (tertiary/aromatic N) is 2. The lowest BCUT2D eigenvalue weighted by atomic mass is 10.1. The van der Waals surface area contributed by atoms with Crippen molar-refractivity contribution in [3.05, 3.63) is 18.3 Å². The molecule has 0 radical (unpaired) electrons. The number of aliphatic hydroxyl groups excluding tert-OH is 1. The summed E-state index contributed by atoms with van der Waals surface area (Å²) in [6, 6.07) is 3.73. The summed E-state index contributed by atoms with van der Waals surface area (Å²) in [7, 11) is 0. The SMILES string of the molecule is Nc1ccc(N2CCC[C@@H](O)C2)cn1. The van der Waals surface area contributed by atoms with Gasteiger partial charge >= 0.3 is 0 Å². The van der Waals surface area contributed by atoms with E-state index in [1.165, 1.54) is 0 Å². The number of aliphatic hydroxyl groups is 1. The Labute approximate surface area is 83.4 Å². The standard InChI is InChI=1S/C10H15N3O/c11-10-4-3-8(6-12-10)13-5-1-2-9(14)7-13/h3-4,6,9,14H,1-2,5,7H2,(H2,11,12)/t9-/m1/s1. The number of β-amino-alcohol motifs (C(OH)–C–C–N with tert-alkyl or cyclic N) is 1. The molecule has 14 heavy (non-hydrogen) atoms. The minimum Gasteiger partial charge on any atom is -0.391 e. The highest BCUT2D eigenvalue weighted by Crippen LogP contribution is 2.19. The Morgan fingerprint density at radius 1 is 1.50 bits per heavy atom. The molecule has 0 spiro atoms. The van der Waals surface area contributed by atoms with Gasteiger partial charge < -0.3 is 15.7 Å². The van der Waals surface area contributed by atoms with E-state index < -0.39 is 0 Å². The molecular weight excluding hydrogens is 178 g/mol. The normalized spacial score (nSPS) is 22.4. The molecule has 1 aliphatic rings. The van der Waals surface area contributed by atoms with Crippen LogP contribution in [0.4, 0.5) is 11.5 Å². The van der Waals surface area contributed by atoms with E-state index in [-0.39, 0.29) is 6.10 Å². The molecule has 4 heteroatoms. The van der Waals surface area contributed by atoms with Crippen LogP contribution in [0, 0.1) is 0 Å². The van der Waals surface area contributed by atoms with Gasteiger partial charge in [-0.3, -0.25) is 0 Å². The molecule has 0 saturated carbocycles. The Balaban J connectivity index is 2.10. The molecule has 2 rings (SSSR count). The first-order valence-electron chi connectivity index (χ1n) is 4.90. The fourth-order valence-electron chi connectivity index (χ4n) is 1.77. The van der Waals surface area contributed by atoms with Crippen LogP contribution in [-0.2, 0) is 0 Å². The monoisotopic (exact) mass is 193 g/mol. The summed E-state index contributed by atoms with van der Waals surface area (Å²) in [5.74, 6) is 0.534. The molecule has 0 bridgehead atoms.